The van der Waals surface area contributed by atoms with Crippen LogP contribution >= 0.6 is 0 Å². The lowest BCUT2D eigenvalue weighted by molar-refractivity contribution is 0.0782. The third-order valence-electron chi connectivity index (χ3n) is 7.44. The molecule has 1 saturated carbocycles. The lowest BCUT2D eigenvalue weighted by Crippen LogP contribution is -2.36. The molecule has 5 nitrogen and oxygen atoms in total. The van der Waals surface area contributed by atoms with E-state index in [2.05, 4.69) is 10.2 Å². The van der Waals surface area contributed by atoms with Crippen LogP contribution in [0.5, 0.6) is 0 Å². The van der Waals surface area contributed by atoms with E-state index in [1.165, 1.54) is 6.07 Å². The van der Waals surface area contributed by atoms with Gasteiger partial charge in [0.25, 0.3) is 0 Å². The Balaban J connectivity index is 1.10. The SMILES string of the molecule is CC(C)(O)c1ccc(CN2CC3C(CNc4ccc(N5CCOCC5)c(F)c4)C3C2)c(F)c1. The highest BCUT2D eigenvalue weighted by molar-refractivity contribution is 5.56. The Labute approximate surface area is 194 Å². The van der Waals surface area contributed by atoms with E-state index in [4.69, 9.17) is 4.74 Å². The predicted octanol–water partition coefficient (Wildman–Crippen LogP) is 3.82. The molecule has 0 amide bonds. The molecule has 2 aromatic carbocycles. The second kappa shape index (κ2) is 8.85. The van der Waals surface area contributed by atoms with Gasteiger partial charge in [-0.15, -0.1) is 0 Å². The maximum absolute atomic E-state index is 14.6. The Morgan fingerprint density at radius 3 is 2.39 bits per heavy atom. The summed E-state index contributed by atoms with van der Waals surface area (Å²) in [7, 11) is 0. The first-order valence-electron chi connectivity index (χ1n) is 11.9. The molecule has 1 aliphatic carbocycles. The van der Waals surface area contributed by atoms with Gasteiger partial charge in [0, 0.05) is 50.5 Å². The molecule has 0 spiro atoms. The van der Waals surface area contributed by atoms with Gasteiger partial charge in [0.2, 0.25) is 0 Å². The maximum Gasteiger partial charge on any atom is 0.148 e. The third-order valence-corrected chi connectivity index (χ3v) is 7.44. The first-order valence-corrected chi connectivity index (χ1v) is 11.9. The van der Waals surface area contributed by atoms with Gasteiger partial charge in [-0.25, -0.2) is 8.78 Å². The minimum atomic E-state index is -1.04. The molecule has 5 rings (SSSR count). The van der Waals surface area contributed by atoms with Crippen molar-refractivity contribution >= 4 is 11.4 Å². The Bertz CT molecular complexity index is 992. The molecule has 0 aromatic heterocycles. The Hall–Kier alpha value is -2.22. The van der Waals surface area contributed by atoms with Gasteiger partial charge in [-0.1, -0.05) is 12.1 Å². The molecule has 2 heterocycles. The highest BCUT2D eigenvalue weighted by Gasteiger charge is 2.54. The molecular weight excluding hydrogens is 424 g/mol. The van der Waals surface area contributed by atoms with E-state index in [9.17, 15) is 13.9 Å². The second-order valence-electron chi connectivity index (χ2n) is 10.2. The lowest BCUT2D eigenvalue weighted by atomic mass is 9.97. The van der Waals surface area contributed by atoms with Crippen LogP contribution in [-0.2, 0) is 16.9 Å². The molecule has 2 N–H and O–H groups in total. The number of anilines is 2. The van der Waals surface area contributed by atoms with Crippen LogP contribution in [0.2, 0.25) is 0 Å². The maximum atomic E-state index is 14.6. The molecule has 2 unspecified atom stereocenters. The average molecular weight is 458 g/mol. The molecule has 3 fully saturated rings. The summed E-state index contributed by atoms with van der Waals surface area (Å²) in [5, 5.41) is 13.5. The van der Waals surface area contributed by atoms with Crippen molar-refractivity contribution in [2.75, 3.05) is 56.2 Å². The zero-order valence-corrected chi connectivity index (χ0v) is 19.4. The summed E-state index contributed by atoms with van der Waals surface area (Å²) in [6, 6.07) is 10.5. The minimum Gasteiger partial charge on any atom is -0.386 e. The van der Waals surface area contributed by atoms with Gasteiger partial charge in [0.05, 0.1) is 24.5 Å². The Kier molecular flexibility index (Phi) is 6.05. The number of benzene rings is 2. The lowest BCUT2D eigenvalue weighted by Gasteiger charge is -2.29. The molecular formula is C26H33F2N3O2. The van der Waals surface area contributed by atoms with Gasteiger partial charge in [0.1, 0.15) is 11.6 Å². The fourth-order valence-electron chi connectivity index (χ4n) is 5.38. The van der Waals surface area contributed by atoms with Crippen molar-refractivity contribution in [1.29, 1.82) is 0 Å². The fourth-order valence-corrected chi connectivity index (χ4v) is 5.38. The molecule has 2 aliphatic heterocycles. The first-order chi connectivity index (χ1) is 15.8. The predicted molar refractivity (Wildman–Crippen MR) is 125 cm³/mol. The van der Waals surface area contributed by atoms with Crippen molar-refractivity contribution in [3.05, 3.63) is 59.2 Å². The Morgan fingerprint density at radius 2 is 1.76 bits per heavy atom. The van der Waals surface area contributed by atoms with Crippen molar-refractivity contribution in [2.24, 2.45) is 17.8 Å². The standard InChI is InChI=1S/C26H33F2N3O2/c1-26(2,32)18-4-3-17(23(27)11-18)14-30-15-21-20(22(21)16-30)13-29-19-5-6-25(24(28)12-19)31-7-9-33-10-8-31/h3-6,11-12,20-22,29,32H,7-10,13-16H2,1-2H3. The van der Waals surface area contributed by atoms with E-state index < -0.39 is 5.60 Å². The number of piperidine rings is 1. The number of morpholine rings is 1. The number of aliphatic hydroxyl groups is 1. The molecule has 2 aromatic rings. The molecule has 178 valence electrons. The number of hydrogen-bond acceptors (Lipinski definition) is 5. The van der Waals surface area contributed by atoms with E-state index >= 15 is 0 Å². The number of hydrogen-bond donors (Lipinski definition) is 2. The summed E-state index contributed by atoms with van der Waals surface area (Å²) in [5.74, 6) is 1.38. The van der Waals surface area contributed by atoms with Crippen LogP contribution < -0.4 is 10.2 Å². The second-order valence-corrected chi connectivity index (χ2v) is 10.2. The third kappa shape index (κ3) is 4.86. The normalized spacial score (nSPS) is 25.2. The van der Waals surface area contributed by atoms with Gasteiger partial charge in [-0.3, -0.25) is 4.90 Å². The number of fused-ring (bicyclic) bond motifs is 1. The van der Waals surface area contributed by atoms with Crippen LogP contribution in [0.1, 0.15) is 25.0 Å². The van der Waals surface area contributed by atoms with Gasteiger partial charge in [0.15, 0.2) is 0 Å². The number of ether oxygens (including phenoxy) is 1. The molecule has 2 atom stereocenters. The van der Waals surface area contributed by atoms with Gasteiger partial charge in [-0.2, -0.15) is 0 Å². The fraction of sp³-hybridized carbons (Fsp3) is 0.538. The molecule has 2 saturated heterocycles. The summed E-state index contributed by atoms with van der Waals surface area (Å²) < 4.78 is 34.5. The number of nitrogens with one attached hydrogen (secondary N) is 1. The van der Waals surface area contributed by atoms with Crippen LogP contribution in [0.25, 0.3) is 0 Å². The smallest absolute Gasteiger partial charge is 0.148 e. The highest BCUT2D eigenvalue weighted by atomic mass is 19.1. The molecule has 3 aliphatic rings. The van der Waals surface area contributed by atoms with E-state index in [-0.39, 0.29) is 11.6 Å². The topological polar surface area (TPSA) is 48.0 Å². The summed E-state index contributed by atoms with van der Waals surface area (Å²) in [6.07, 6.45) is 0. The average Bonchev–Trinajstić information content (AvgIpc) is 3.24. The van der Waals surface area contributed by atoms with Crippen LogP contribution in [0.3, 0.4) is 0 Å². The van der Waals surface area contributed by atoms with Crippen molar-refractivity contribution in [3.63, 3.8) is 0 Å². The van der Waals surface area contributed by atoms with E-state index in [0.29, 0.717) is 54.3 Å². The summed E-state index contributed by atoms with van der Waals surface area (Å²) in [5.41, 5.74) is 1.69. The highest BCUT2D eigenvalue weighted by Crippen LogP contribution is 2.52. The number of rotatable bonds is 7. The number of likely N-dealkylation sites (tertiary alicyclic amines) is 1. The summed E-state index contributed by atoms with van der Waals surface area (Å²) >= 11 is 0. The summed E-state index contributed by atoms with van der Waals surface area (Å²) in [4.78, 5) is 4.34. The van der Waals surface area contributed by atoms with Crippen molar-refractivity contribution in [1.82, 2.24) is 4.90 Å². The zero-order valence-electron chi connectivity index (χ0n) is 19.4. The van der Waals surface area contributed by atoms with Gasteiger partial charge >= 0.3 is 0 Å². The van der Waals surface area contributed by atoms with Crippen molar-refractivity contribution < 1.29 is 18.6 Å². The molecule has 33 heavy (non-hydrogen) atoms. The van der Waals surface area contributed by atoms with Crippen LogP contribution in [0, 0.1) is 29.4 Å². The number of halogens is 2. The van der Waals surface area contributed by atoms with E-state index in [0.717, 1.165) is 38.4 Å². The van der Waals surface area contributed by atoms with Crippen LogP contribution in [0.15, 0.2) is 36.4 Å². The van der Waals surface area contributed by atoms with Crippen molar-refractivity contribution in [2.45, 2.75) is 26.0 Å². The Morgan fingerprint density at radius 1 is 1.03 bits per heavy atom. The number of nitrogens with zero attached hydrogens (tertiary/aromatic N) is 2. The first kappa shape index (κ1) is 22.6. The summed E-state index contributed by atoms with van der Waals surface area (Å²) in [6.45, 7) is 9.42. The van der Waals surface area contributed by atoms with Gasteiger partial charge < -0.3 is 20.1 Å². The quantitative estimate of drug-likeness (QED) is 0.662. The molecule has 0 bridgehead atoms. The van der Waals surface area contributed by atoms with Crippen molar-refractivity contribution in [3.8, 4) is 0 Å². The molecule has 0 radical (unpaired) electrons. The molecule has 7 heteroatoms. The largest absolute Gasteiger partial charge is 0.386 e. The van der Waals surface area contributed by atoms with E-state index in [1.54, 1.807) is 26.0 Å². The monoisotopic (exact) mass is 457 g/mol. The van der Waals surface area contributed by atoms with Gasteiger partial charge in [-0.05, 0) is 61.4 Å². The van der Waals surface area contributed by atoms with Crippen LogP contribution in [0.4, 0.5) is 20.2 Å². The van der Waals surface area contributed by atoms with Crippen LogP contribution in [-0.4, -0.2) is 55.9 Å². The minimum absolute atomic E-state index is 0.193. The van der Waals surface area contributed by atoms with E-state index in [1.807, 2.05) is 23.1 Å². The zero-order chi connectivity index (χ0) is 23.2.